The Morgan fingerprint density at radius 3 is 1.65 bits per heavy atom. The van der Waals surface area contributed by atoms with E-state index >= 15 is 0 Å². The van der Waals surface area contributed by atoms with Gasteiger partial charge in [-0.15, -0.1) is 0 Å². The van der Waals surface area contributed by atoms with Gasteiger partial charge in [-0.05, 0) is 56.4 Å². The first kappa shape index (κ1) is 32.9. The summed E-state index contributed by atoms with van der Waals surface area (Å²) < 4.78 is 20.5. The lowest BCUT2D eigenvalue weighted by molar-refractivity contribution is -0.132. The SMILES string of the molecule is CCCCCCCC/C=C\CCCCCCCC(=O)N(CCOC(=O)c1ccco1)CCOC(=O)c1ccco1. The molecule has 0 aliphatic carbocycles. The van der Waals surface area contributed by atoms with Gasteiger partial charge in [-0.3, -0.25) is 4.79 Å². The Kier molecular flexibility index (Phi) is 17.7. The van der Waals surface area contributed by atoms with Crippen molar-refractivity contribution in [3.8, 4) is 0 Å². The third-order valence-electron chi connectivity index (χ3n) is 6.64. The first-order chi connectivity index (χ1) is 19.6. The highest BCUT2D eigenvalue weighted by Crippen LogP contribution is 2.11. The Hall–Kier alpha value is -3.29. The van der Waals surface area contributed by atoms with Gasteiger partial charge in [0, 0.05) is 6.42 Å². The Morgan fingerprint density at radius 2 is 1.18 bits per heavy atom. The molecule has 0 atom stereocenters. The van der Waals surface area contributed by atoms with Crippen LogP contribution in [0.4, 0.5) is 0 Å². The number of rotatable bonds is 23. The lowest BCUT2D eigenvalue weighted by atomic mass is 10.1. The molecule has 0 saturated heterocycles. The number of carbonyl (C=O) groups is 3. The molecule has 2 heterocycles. The molecule has 0 bridgehead atoms. The number of amides is 1. The van der Waals surface area contributed by atoms with Crippen LogP contribution in [0.2, 0.25) is 0 Å². The first-order valence-electron chi connectivity index (χ1n) is 15.0. The van der Waals surface area contributed by atoms with Crippen molar-refractivity contribution in [3.63, 3.8) is 0 Å². The Morgan fingerprint density at radius 1 is 0.700 bits per heavy atom. The van der Waals surface area contributed by atoms with Crippen LogP contribution in [0.25, 0.3) is 0 Å². The average molecular weight is 558 g/mol. The van der Waals surface area contributed by atoms with E-state index < -0.39 is 11.9 Å². The van der Waals surface area contributed by atoms with Crippen molar-refractivity contribution in [2.45, 2.75) is 96.8 Å². The maximum atomic E-state index is 12.9. The molecule has 0 spiro atoms. The van der Waals surface area contributed by atoms with E-state index in [-0.39, 0.29) is 43.7 Å². The molecule has 0 radical (unpaired) electrons. The molecule has 0 aliphatic rings. The van der Waals surface area contributed by atoms with Crippen LogP contribution in [0.1, 0.15) is 118 Å². The van der Waals surface area contributed by atoms with Crippen LogP contribution in [0.15, 0.2) is 57.8 Å². The number of esters is 2. The molecule has 2 aromatic heterocycles. The molecule has 0 aromatic carbocycles. The zero-order valence-electron chi connectivity index (χ0n) is 24.2. The zero-order valence-corrected chi connectivity index (χ0v) is 24.2. The van der Waals surface area contributed by atoms with E-state index in [1.807, 2.05) is 0 Å². The minimum atomic E-state index is -0.584. The van der Waals surface area contributed by atoms with Crippen molar-refractivity contribution >= 4 is 17.8 Å². The normalized spacial score (nSPS) is 11.1. The van der Waals surface area contributed by atoms with Crippen LogP contribution < -0.4 is 0 Å². The number of furan rings is 2. The molecule has 2 aromatic rings. The minimum absolute atomic E-state index is 0.0176. The molecule has 0 aliphatic heterocycles. The predicted octanol–water partition coefficient (Wildman–Crippen LogP) is 7.75. The highest BCUT2D eigenvalue weighted by Gasteiger charge is 2.17. The number of hydrogen-bond donors (Lipinski definition) is 0. The van der Waals surface area contributed by atoms with Crippen LogP contribution in [-0.4, -0.2) is 49.0 Å². The maximum absolute atomic E-state index is 12.9. The van der Waals surface area contributed by atoms with E-state index in [2.05, 4.69) is 19.1 Å². The second-order valence-electron chi connectivity index (χ2n) is 9.94. The summed E-state index contributed by atoms with van der Waals surface area (Å²) in [5.74, 6) is -1.00. The lowest BCUT2D eigenvalue weighted by Gasteiger charge is -2.22. The van der Waals surface area contributed by atoms with Crippen LogP contribution in [-0.2, 0) is 14.3 Å². The maximum Gasteiger partial charge on any atom is 0.374 e. The minimum Gasteiger partial charge on any atom is -0.458 e. The largest absolute Gasteiger partial charge is 0.458 e. The fourth-order valence-electron chi connectivity index (χ4n) is 4.30. The standard InChI is InChI=1S/C32H47NO7/c1-2-3-4-5-6-7-8-9-10-11-12-13-14-15-16-21-30(34)33(22-26-39-31(35)28-19-17-24-37-28)23-27-40-32(36)29-20-18-25-38-29/h9-10,17-20,24-25H,2-8,11-16,21-23,26-27H2,1H3/b10-9-. The quantitative estimate of drug-likeness (QED) is 0.0782. The van der Waals surface area contributed by atoms with Gasteiger partial charge in [-0.2, -0.15) is 0 Å². The van der Waals surface area contributed by atoms with Crippen molar-refractivity contribution in [2.75, 3.05) is 26.3 Å². The van der Waals surface area contributed by atoms with Crippen LogP contribution in [0.3, 0.4) is 0 Å². The summed E-state index contributed by atoms with van der Waals surface area (Å²) in [5, 5.41) is 0. The number of carbonyl (C=O) groups excluding carboxylic acids is 3. The van der Waals surface area contributed by atoms with Gasteiger partial charge in [0.2, 0.25) is 17.4 Å². The lowest BCUT2D eigenvalue weighted by Crippen LogP contribution is -2.37. The van der Waals surface area contributed by atoms with E-state index in [1.165, 1.54) is 76.0 Å². The first-order valence-corrected chi connectivity index (χ1v) is 15.0. The van der Waals surface area contributed by atoms with Gasteiger partial charge < -0.3 is 23.2 Å². The van der Waals surface area contributed by atoms with Crippen molar-refractivity contribution < 1.29 is 32.7 Å². The van der Waals surface area contributed by atoms with Crippen molar-refractivity contribution in [2.24, 2.45) is 0 Å². The number of unbranched alkanes of at least 4 members (excludes halogenated alkanes) is 11. The van der Waals surface area contributed by atoms with Gasteiger partial charge in [0.1, 0.15) is 13.2 Å². The molecule has 8 heteroatoms. The summed E-state index contributed by atoms with van der Waals surface area (Å²) in [6.07, 6.45) is 23.4. The predicted molar refractivity (Wildman–Crippen MR) is 154 cm³/mol. The van der Waals surface area contributed by atoms with Gasteiger partial charge in [-0.1, -0.05) is 70.4 Å². The molecule has 0 saturated carbocycles. The van der Waals surface area contributed by atoms with Gasteiger partial charge in [0.15, 0.2) is 0 Å². The molecular weight excluding hydrogens is 510 g/mol. The summed E-state index contributed by atoms with van der Waals surface area (Å²) in [6, 6.07) is 6.25. The van der Waals surface area contributed by atoms with Gasteiger partial charge >= 0.3 is 11.9 Å². The number of ether oxygens (including phenoxy) is 2. The Bertz CT molecular complexity index is 898. The average Bonchev–Trinajstić information content (AvgIpc) is 3.69. The van der Waals surface area contributed by atoms with Crippen molar-refractivity contribution in [1.29, 1.82) is 0 Å². The van der Waals surface area contributed by atoms with Crippen LogP contribution in [0, 0.1) is 0 Å². The summed E-state index contributed by atoms with van der Waals surface area (Å²) in [5.41, 5.74) is 0. The summed E-state index contributed by atoms with van der Waals surface area (Å²) in [7, 11) is 0. The van der Waals surface area contributed by atoms with Crippen LogP contribution in [0.5, 0.6) is 0 Å². The molecular formula is C32H47NO7. The number of allylic oxidation sites excluding steroid dienone is 2. The topological polar surface area (TPSA) is 99.2 Å². The number of nitrogens with zero attached hydrogens (tertiary/aromatic N) is 1. The highest BCUT2D eigenvalue weighted by atomic mass is 16.6. The highest BCUT2D eigenvalue weighted by molar-refractivity contribution is 5.86. The van der Waals surface area contributed by atoms with Gasteiger partial charge in [0.05, 0.1) is 25.6 Å². The number of hydrogen-bond acceptors (Lipinski definition) is 7. The third-order valence-corrected chi connectivity index (χ3v) is 6.64. The fourth-order valence-corrected chi connectivity index (χ4v) is 4.30. The molecule has 2 rings (SSSR count). The van der Waals surface area contributed by atoms with Gasteiger partial charge in [-0.25, -0.2) is 9.59 Å². The molecule has 0 N–H and O–H groups in total. The Balaban J connectivity index is 1.60. The second kappa shape index (κ2) is 21.5. The van der Waals surface area contributed by atoms with Gasteiger partial charge in [0.25, 0.3) is 0 Å². The van der Waals surface area contributed by atoms with E-state index in [0.717, 1.165) is 32.1 Å². The van der Waals surface area contributed by atoms with E-state index in [1.54, 1.807) is 17.0 Å². The molecule has 1 amide bonds. The zero-order chi connectivity index (χ0) is 28.7. The second-order valence-corrected chi connectivity index (χ2v) is 9.94. The summed E-state index contributed by atoms with van der Waals surface area (Å²) in [4.78, 5) is 38.5. The Labute approximate surface area is 239 Å². The third kappa shape index (κ3) is 14.8. The van der Waals surface area contributed by atoms with E-state index in [9.17, 15) is 14.4 Å². The van der Waals surface area contributed by atoms with E-state index in [4.69, 9.17) is 18.3 Å². The van der Waals surface area contributed by atoms with Crippen molar-refractivity contribution in [3.05, 3.63) is 60.5 Å². The molecule has 0 fully saturated rings. The smallest absolute Gasteiger partial charge is 0.374 e. The summed E-state index contributed by atoms with van der Waals surface area (Å²) in [6.45, 7) is 2.69. The molecule has 40 heavy (non-hydrogen) atoms. The van der Waals surface area contributed by atoms with E-state index in [0.29, 0.717) is 6.42 Å². The fraction of sp³-hybridized carbons (Fsp3) is 0.594. The van der Waals surface area contributed by atoms with Crippen molar-refractivity contribution in [1.82, 2.24) is 4.90 Å². The molecule has 222 valence electrons. The monoisotopic (exact) mass is 557 g/mol. The molecule has 0 unspecified atom stereocenters. The molecule has 8 nitrogen and oxygen atoms in total. The summed E-state index contributed by atoms with van der Waals surface area (Å²) >= 11 is 0. The van der Waals surface area contributed by atoms with Crippen LogP contribution >= 0.6 is 0 Å².